The molecule has 0 heterocycles. The average Bonchev–Trinajstić information content (AvgIpc) is 2.01. The van der Waals surface area contributed by atoms with Gasteiger partial charge in [-0.1, -0.05) is 11.6 Å². The molecule has 0 saturated carbocycles. The van der Waals surface area contributed by atoms with Gasteiger partial charge < -0.3 is 10.5 Å². The van der Waals surface area contributed by atoms with Gasteiger partial charge in [0.1, 0.15) is 16.6 Å². The summed E-state index contributed by atoms with van der Waals surface area (Å²) >= 11 is 5.61. The first kappa shape index (κ1) is 8.14. The van der Waals surface area contributed by atoms with Crippen molar-refractivity contribution in [3.63, 3.8) is 0 Å². The number of hydrogen-bond donors (Lipinski definition) is 1. The topological polar surface area (TPSA) is 35.2 Å². The summed E-state index contributed by atoms with van der Waals surface area (Å²) in [5.41, 5.74) is 5.19. The number of hydrogen-bond acceptors (Lipinski definition) is 2. The molecular weight excluding hydrogens is 169 g/mol. The summed E-state index contributed by atoms with van der Waals surface area (Å²) in [4.78, 5) is 0. The molecule has 2 nitrogen and oxygen atoms in total. The number of benzene rings is 1. The van der Waals surface area contributed by atoms with E-state index in [1.807, 2.05) is 0 Å². The molecule has 0 bridgehead atoms. The van der Waals surface area contributed by atoms with Crippen molar-refractivity contribution in [1.82, 2.24) is 0 Å². The van der Waals surface area contributed by atoms with Gasteiger partial charge in [-0.05, 0) is 12.1 Å². The fourth-order valence-electron chi connectivity index (χ4n) is 0.707. The minimum atomic E-state index is -0.532. The first-order valence-electron chi connectivity index (χ1n) is 2.94. The lowest BCUT2D eigenvalue weighted by Crippen LogP contribution is -1.94. The van der Waals surface area contributed by atoms with Gasteiger partial charge in [-0.2, -0.15) is 0 Å². The van der Waals surface area contributed by atoms with Crippen molar-refractivity contribution in [3.05, 3.63) is 23.0 Å². The molecule has 4 heteroatoms. The lowest BCUT2D eigenvalue weighted by molar-refractivity contribution is 0.414. The van der Waals surface area contributed by atoms with Crippen LogP contribution in [0.5, 0.6) is 5.75 Å². The Hall–Kier alpha value is -0.960. The van der Waals surface area contributed by atoms with Crippen LogP contribution in [0.2, 0.25) is 5.02 Å². The molecule has 0 aliphatic heterocycles. The fourth-order valence-corrected chi connectivity index (χ4v) is 0.937. The summed E-state index contributed by atoms with van der Waals surface area (Å²) in [5, 5.41) is 0.118. The summed E-state index contributed by atoms with van der Waals surface area (Å²) in [6, 6.07) is 2.63. The lowest BCUT2D eigenvalue weighted by atomic mass is 10.3. The van der Waals surface area contributed by atoms with Gasteiger partial charge in [-0.3, -0.25) is 0 Å². The van der Waals surface area contributed by atoms with Crippen molar-refractivity contribution < 1.29 is 9.13 Å². The first-order valence-corrected chi connectivity index (χ1v) is 3.32. The molecule has 1 aromatic rings. The normalized spacial score (nSPS) is 9.73. The molecule has 0 unspecified atom stereocenters. The average molecular weight is 176 g/mol. The van der Waals surface area contributed by atoms with Crippen molar-refractivity contribution in [3.8, 4) is 5.75 Å². The van der Waals surface area contributed by atoms with Gasteiger partial charge in [-0.15, -0.1) is 0 Å². The van der Waals surface area contributed by atoms with E-state index in [0.717, 1.165) is 0 Å². The highest BCUT2D eigenvalue weighted by Crippen LogP contribution is 2.31. The molecule has 0 aromatic heterocycles. The van der Waals surface area contributed by atoms with Crippen LogP contribution in [0.3, 0.4) is 0 Å². The smallest absolute Gasteiger partial charge is 0.147 e. The zero-order valence-corrected chi connectivity index (χ0v) is 6.65. The number of ether oxygens (including phenoxy) is 1. The second kappa shape index (κ2) is 2.96. The van der Waals surface area contributed by atoms with Crippen molar-refractivity contribution in [2.24, 2.45) is 0 Å². The number of nitrogen functional groups attached to an aromatic ring is 1. The van der Waals surface area contributed by atoms with Gasteiger partial charge in [0, 0.05) is 0 Å². The minimum absolute atomic E-state index is 0.0778. The van der Waals surface area contributed by atoms with E-state index in [9.17, 15) is 4.39 Å². The van der Waals surface area contributed by atoms with E-state index in [2.05, 4.69) is 0 Å². The van der Waals surface area contributed by atoms with Gasteiger partial charge in [-0.25, -0.2) is 4.39 Å². The van der Waals surface area contributed by atoms with Crippen LogP contribution in [-0.2, 0) is 0 Å². The van der Waals surface area contributed by atoms with E-state index in [1.165, 1.54) is 19.2 Å². The number of halogens is 2. The zero-order chi connectivity index (χ0) is 8.43. The van der Waals surface area contributed by atoms with Crippen LogP contribution in [0.25, 0.3) is 0 Å². The minimum Gasteiger partial charge on any atom is -0.495 e. The Morgan fingerprint density at radius 3 is 2.73 bits per heavy atom. The largest absolute Gasteiger partial charge is 0.495 e. The molecule has 0 saturated heterocycles. The Kier molecular flexibility index (Phi) is 2.19. The summed E-state index contributed by atoms with van der Waals surface area (Å²) in [6.07, 6.45) is 0. The molecule has 0 amide bonds. The third-order valence-corrected chi connectivity index (χ3v) is 1.70. The monoisotopic (exact) mass is 175 g/mol. The molecule has 0 radical (unpaired) electrons. The molecule has 11 heavy (non-hydrogen) atoms. The molecule has 2 N–H and O–H groups in total. The molecule has 1 aromatic carbocycles. The number of methoxy groups -OCH3 is 1. The number of nitrogens with two attached hydrogens (primary N) is 1. The Bertz CT molecular complexity index is 277. The summed E-state index contributed by atoms with van der Waals surface area (Å²) in [6.45, 7) is 0. The van der Waals surface area contributed by atoms with Crippen LogP contribution in [-0.4, -0.2) is 7.11 Å². The summed E-state index contributed by atoms with van der Waals surface area (Å²) < 4.78 is 17.4. The van der Waals surface area contributed by atoms with Crippen molar-refractivity contribution in [2.75, 3.05) is 12.8 Å². The predicted octanol–water partition coefficient (Wildman–Crippen LogP) is 2.07. The van der Waals surface area contributed by atoms with Crippen LogP contribution in [0.4, 0.5) is 10.1 Å². The Balaban J connectivity index is 3.25. The molecule has 60 valence electrons. The Morgan fingerprint density at radius 1 is 1.55 bits per heavy atom. The van der Waals surface area contributed by atoms with Crippen LogP contribution in [0.15, 0.2) is 12.1 Å². The first-order chi connectivity index (χ1) is 5.16. The number of anilines is 1. The molecule has 0 aliphatic carbocycles. The van der Waals surface area contributed by atoms with E-state index < -0.39 is 5.82 Å². The van der Waals surface area contributed by atoms with Crippen LogP contribution < -0.4 is 10.5 Å². The standard InChI is InChI=1S/C7H7ClFNO/c1-11-5-3-2-4(9)7(10)6(5)8/h2-3H,10H2,1H3. The Labute approximate surface area is 68.7 Å². The van der Waals surface area contributed by atoms with E-state index in [-0.39, 0.29) is 10.7 Å². The van der Waals surface area contributed by atoms with Gasteiger partial charge in [0.2, 0.25) is 0 Å². The molecule has 0 aliphatic rings. The maximum absolute atomic E-state index is 12.6. The van der Waals surface area contributed by atoms with Crippen molar-refractivity contribution >= 4 is 17.3 Å². The highest BCUT2D eigenvalue weighted by molar-refractivity contribution is 6.34. The highest BCUT2D eigenvalue weighted by atomic mass is 35.5. The van der Waals surface area contributed by atoms with E-state index >= 15 is 0 Å². The maximum Gasteiger partial charge on any atom is 0.147 e. The summed E-state index contributed by atoms with van der Waals surface area (Å²) in [5.74, 6) is -0.152. The maximum atomic E-state index is 12.6. The fraction of sp³-hybridized carbons (Fsp3) is 0.143. The van der Waals surface area contributed by atoms with E-state index in [1.54, 1.807) is 0 Å². The van der Waals surface area contributed by atoms with E-state index in [0.29, 0.717) is 5.75 Å². The van der Waals surface area contributed by atoms with Gasteiger partial charge >= 0.3 is 0 Å². The predicted molar refractivity (Wildman–Crippen MR) is 42.4 cm³/mol. The molecule has 0 fully saturated rings. The lowest BCUT2D eigenvalue weighted by Gasteiger charge is -2.04. The Morgan fingerprint density at radius 2 is 2.18 bits per heavy atom. The van der Waals surface area contributed by atoms with Crippen molar-refractivity contribution in [1.29, 1.82) is 0 Å². The van der Waals surface area contributed by atoms with Crippen LogP contribution >= 0.6 is 11.6 Å². The third kappa shape index (κ3) is 1.38. The highest BCUT2D eigenvalue weighted by Gasteiger charge is 2.07. The second-order valence-electron chi connectivity index (χ2n) is 1.98. The SMILES string of the molecule is COc1ccc(F)c(N)c1Cl. The third-order valence-electron chi connectivity index (χ3n) is 1.31. The van der Waals surface area contributed by atoms with Gasteiger partial charge in [0.05, 0.1) is 12.8 Å². The quantitative estimate of drug-likeness (QED) is 0.664. The zero-order valence-electron chi connectivity index (χ0n) is 5.90. The van der Waals surface area contributed by atoms with Crippen LogP contribution in [0.1, 0.15) is 0 Å². The van der Waals surface area contributed by atoms with Gasteiger partial charge in [0.25, 0.3) is 0 Å². The number of rotatable bonds is 1. The van der Waals surface area contributed by atoms with Crippen molar-refractivity contribution in [2.45, 2.75) is 0 Å². The van der Waals surface area contributed by atoms with E-state index in [4.69, 9.17) is 22.1 Å². The molecule has 0 spiro atoms. The van der Waals surface area contributed by atoms with Crippen LogP contribution in [0, 0.1) is 5.82 Å². The molecule has 1 rings (SSSR count). The summed E-state index contributed by atoms with van der Waals surface area (Å²) in [7, 11) is 1.44. The van der Waals surface area contributed by atoms with Gasteiger partial charge in [0.15, 0.2) is 0 Å². The molecular formula is C7H7ClFNO. The second-order valence-corrected chi connectivity index (χ2v) is 2.36. The molecule has 0 atom stereocenters.